The van der Waals surface area contributed by atoms with Crippen molar-refractivity contribution in [2.75, 3.05) is 6.54 Å². The second-order valence-electron chi connectivity index (χ2n) is 6.12. The van der Waals surface area contributed by atoms with Gasteiger partial charge in [0.2, 0.25) is 5.91 Å². The number of hydrogen-bond donors (Lipinski definition) is 0. The number of hydrogen-bond acceptors (Lipinski definition) is 2. The van der Waals surface area contributed by atoms with Crippen molar-refractivity contribution in [2.45, 2.75) is 25.8 Å². The molecule has 0 aliphatic rings. The van der Waals surface area contributed by atoms with Crippen molar-refractivity contribution in [3.63, 3.8) is 0 Å². The van der Waals surface area contributed by atoms with E-state index in [1.54, 1.807) is 6.26 Å². The lowest BCUT2D eigenvalue weighted by atomic mass is 10.1. The highest BCUT2D eigenvalue weighted by Gasteiger charge is 2.15. The van der Waals surface area contributed by atoms with Crippen LogP contribution < -0.4 is 0 Å². The quantitative estimate of drug-likeness (QED) is 0.609. The second kappa shape index (κ2) is 8.88. The van der Waals surface area contributed by atoms with Crippen LogP contribution in [-0.2, 0) is 24.2 Å². The molecule has 0 fully saturated rings. The van der Waals surface area contributed by atoms with E-state index in [1.807, 2.05) is 53.4 Å². The highest BCUT2D eigenvalue weighted by Crippen LogP contribution is 2.11. The van der Waals surface area contributed by atoms with E-state index in [1.165, 1.54) is 11.1 Å². The molecule has 128 valence electrons. The van der Waals surface area contributed by atoms with Crippen molar-refractivity contribution in [3.8, 4) is 0 Å². The Hall–Kier alpha value is -2.81. The van der Waals surface area contributed by atoms with Gasteiger partial charge >= 0.3 is 0 Å². The van der Waals surface area contributed by atoms with Gasteiger partial charge in [-0.1, -0.05) is 60.7 Å². The van der Waals surface area contributed by atoms with Gasteiger partial charge < -0.3 is 9.32 Å². The molecule has 0 aliphatic carbocycles. The van der Waals surface area contributed by atoms with Gasteiger partial charge in [0.05, 0.1) is 12.8 Å². The van der Waals surface area contributed by atoms with E-state index in [2.05, 4.69) is 24.3 Å². The van der Waals surface area contributed by atoms with Crippen LogP contribution >= 0.6 is 0 Å². The summed E-state index contributed by atoms with van der Waals surface area (Å²) in [6.45, 7) is 1.21. The lowest BCUT2D eigenvalue weighted by Crippen LogP contribution is -2.32. The second-order valence-corrected chi connectivity index (χ2v) is 6.12. The molecular formula is C22H23NO2. The van der Waals surface area contributed by atoms with Crippen LogP contribution in [0.3, 0.4) is 0 Å². The van der Waals surface area contributed by atoms with Crippen LogP contribution in [0.4, 0.5) is 0 Å². The Bertz CT molecular complexity index is 751. The Morgan fingerprint density at radius 2 is 1.44 bits per heavy atom. The third-order valence-corrected chi connectivity index (χ3v) is 4.26. The van der Waals surface area contributed by atoms with Crippen LogP contribution in [0.2, 0.25) is 0 Å². The Labute approximate surface area is 148 Å². The number of rotatable bonds is 8. The zero-order chi connectivity index (χ0) is 17.3. The van der Waals surface area contributed by atoms with E-state index in [0.29, 0.717) is 19.5 Å². The van der Waals surface area contributed by atoms with Gasteiger partial charge in [0.15, 0.2) is 0 Å². The fourth-order valence-electron chi connectivity index (χ4n) is 2.85. The minimum Gasteiger partial charge on any atom is -0.467 e. The van der Waals surface area contributed by atoms with E-state index in [0.717, 1.165) is 18.6 Å². The molecule has 3 aromatic rings. The van der Waals surface area contributed by atoms with E-state index in [4.69, 9.17) is 4.42 Å². The SMILES string of the molecule is O=C(CCc1ccccc1)N(CCc1ccccc1)Cc1ccco1. The van der Waals surface area contributed by atoms with Crippen LogP contribution in [0.5, 0.6) is 0 Å². The first-order valence-corrected chi connectivity index (χ1v) is 8.69. The summed E-state index contributed by atoms with van der Waals surface area (Å²) in [5.41, 5.74) is 2.43. The first-order valence-electron chi connectivity index (χ1n) is 8.69. The summed E-state index contributed by atoms with van der Waals surface area (Å²) in [6.07, 6.45) is 3.77. The molecule has 25 heavy (non-hydrogen) atoms. The third-order valence-electron chi connectivity index (χ3n) is 4.26. The molecule has 0 atom stereocenters. The summed E-state index contributed by atoms with van der Waals surface area (Å²) in [6, 6.07) is 24.2. The van der Waals surface area contributed by atoms with Crippen molar-refractivity contribution in [3.05, 3.63) is 95.9 Å². The van der Waals surface area contributed by atoms with E-state index < -0.39 is 0 Å². The Morgan fingerprint density at radius 1 is 0.800 bits per heavy atom. The Morgan fingerprint density at radius 3 is 2.04 bits per heavy atom. The van der Waals surface area contributed by atoms with Gasteiger partial charge in [-0.3, -0.25) is 4.79 Å². The van der Waals surface area contributed by atoms with Crippen LogP contribution in [0.25, 0.3) is 0 Å². The molecule has 1 aromatic heterocycles. The molecule has 1 amide bonds. The minimum absolute atomic E-state index is 0.163. The van der Waals surface area contributed by atoms with E-state index in [-0.39, 0.29) is 5.91 Å². The number of amides is 1. The molecule has 0 N–H and O–H groups in total. The van der Waals surface area contributed by atoms with Gasteiger partial charge in [-0.25, -0.2) is 0 Å². The summed E-state index contributed by atoms with van der Waals surface area (Å²) in [4.78, 5) is 14.6. The first-order chi connectivity index (χ1) is 12.3. The first kappa shape index (κ1) is 17.0. The molecule has 3 rings (SSSR count). The molecular weight excluding hydrogens is 310 g/mol. The van der Waals surface area contributed by atoms with Crippen LogP contribution in [0, 0.1) is 0 Å². The lowest BCUT2D eigenvalue weighted by Gasteiger charge is -2.22. The highest BCUT2D eigenvalue weighted by molar-refractivity contribution is 5.76. The van der Waals surface area contributed by atoms with Crippen LogP contribution in [0.1, 0.15) is 23.3 Å². The molecule has 0 spiro atoms. The molecule has 0 aliphatic heterocycles. The fourth-order valence-corrected chi connectivity index (χ4v) is 2.85. The average Bonchev–Trinajstić information content (AvgIpc) is 3.18. The van der Waals surface area contributed by atoms with Gasteiger partial charge in [-0.2, -0.15) is 0 Å². The van der Waals surface area contributed by atoms with Gasteiger partial charge in [-0.05, 0) is 36.1 Å². The number of nitrogens with zero attached hydrogens (tertiary/aromatic N) is 1. The summed E-state index contributed by atoms with van der Waals surface area (Å²) in [5, 5.41) is 0. The molecule has 0 saturated heterocycles. The van der Waals surface area contributed by atoms with Gasteiger partial charge in [0.1, 0.15) is 5.76 Å². The molecule has 2 aromatic carbocycles. The Balaban J connectivity index is 1.61. The maximum absolute atomic E-state index is 12.7. The van der Waals surface area contributed by atoms with Crippen LogP contribution in [0.15, 0.2) is 83.5 Å². The smallest absolute Gasteiger partial charge is 0.223 e. The average molecular weight is 333 g/mol. The zero-order valence-corrected chi connectivity index (χ0v) is 14.3. The van der Waals surface area contributed by atoms with Crippen molar-refractivity contribution >= 4 is 5.91 Å². The number of aryl methyl sites for hydroxylation is 1. The molecule has 0 unspecified atom stereocenters. The predicted octanol–water partition coefficient (Wildman–Crippen LogP) is 4.48. The zero-order valence-electron chi connectivity index (χ0n) is 14.3. The normalized spacial score (nSPS) is 10.6. The molecule has 0 saturated carbocycles. The highest BCUT2D eigenvalue weighted by atomic mass is 16.3. The number of furan rings is 1. The van der Waals surface area contributed by atoms with Crippen molar-refractivity contribution in [1.29, 1.82) is 0 Å². The van der Waals surface area contributed by atoms with E-state index >= 15 is 0 Å². The molecule has 1 heterocycles. The minimum atomic E-state index is 0.163. The number of carbonyl (C=O) groups excluding carboxylic acids is 1. The van der Waals surface area contributed by atoms with E-state index in [9.17, 15) is 4.79 Å². The summed E-state index contributed by atoms with van der Waals surface area (Å²) < 4.78 is 5.44. The molecule has 3 heteroatoms. The summed E-state index contributed by atoms with van der Waals surface area (Å²) >= 11 is 0. The van der Waals surface area contributed by atoms with Gasteiger partial charge in [0.25, 0.3) is 0 Å². The predicted molar refractivity (Wildman–Crippen MR) is 99.0 cm³/mol. The topological polar surface area (TPSA) is 33.5 Å². The van der Waals surface area contributed by atoms with Crippen molar-refractivity contribution in [1.82, 2.24) is 4.90 Å². The third kappa shape index (κ3) is 5.35. The maximum Gasteiger partial charge on any atom is 0.223 e. The summed E-state index contributed by atoms with van der Waals surface area (Å²) in [7, 11) is 0. The largest absolute Gasteiger partial charge is 0.467 e. The lowest BCUT2D eigenvalue weighted by molar-refractivity contribution is -0.132. The maximum atomic E-state index is 12.7. The molecule has 3 nitrogen and oxygen atoms in total. The molecule has 0 bridgehead atoms. The molecule has 0 radical (unpaired) electrons. The summed E-state index contributed by atoms with van der Waals surface area (Å²) in [5.74, 6) is 0.984. The monoisotopic (exact) mass is 333 g/mol. The fraction of sp³-hybridized carbons (Fsp3) is 0.227. The standard InChI is InChI=1S/C22H23NO2/c24-22(14-13-19-8-3-1-4-9-19)23(18-21-12-7-17-25-21)16-15-20-10-5-2-6-11-20/h1-12,17H,13-16,18H2. The van der Waals surface area contributed by atoms with Gasteiger partial charge in [-0.15, -0.1) is 0 Å². The van der Waals surface area contributed by atoms with Gasteiger partial charge in [0, 0.05) is 13.0 Å². The van der Waals surface area contributed by atoms with Crippen LogP contribution in [-0.4, -0.2) is 17.4 Å². The van der Waals surface area contributed by atoms with Crippen molar-refractivity contribution in [2.24, 2.45) is 0 Å². The number of carbonyl (C=O) groups is 1. The number of benzene rings is 2. The van der Waals surface area contributed by atoms with Crippen molar-refractivity contribution < 1.29 is 9.21 Å². The Kier molecular flexibility index (Phi) is 6.05.